The summed E-state index contributed by atoms with van der Waals surface area (Å²) in [6.07, 6.45) is -5.90. The van der Waals surface area contributed by atoms with Crippen molar-refractivity contribution in [2.75, 3.05) is 0 Å². The van der Waals surface area contributed by atoms with Crippen LogP contribution in [0.5, 0.6) is 0 Å². The number of esters is 1. The Bertz CT molecular complexity index is 377. The zero-order chi connectivity index (χ0) is 16.4. The normalized spacial score (nSPS) is 46.3. The van der Waals surface area contributed by atoms with Gasteiger partial charge in [0.2, 0.25) is 0 Å². The Morgan fingerprint density at radius 2 is 1.77 bits per heavy atom. The maximum atomic E-state index is 11.2. The second-order valence-electron chi connectivity index (χ2n) is 5.84. The van der Waals surface area contributed by atoms with Gasteiger partial charge in [0.1, 0.15) is 18.3 Å². The standard InChI is InChI=1S/C14H24O8/c1-6-13(18)9(16)4-12(20-6)22-14-7(2)19-11(17)5-10(14)21-8(3)15/h6-7,9-14,16-18H,4-5H2,1-3H3/t6-,7-,9+,10+,11-,12+,13-,14-/m1/s1. The van der Waals surface area contributed by atoms with Crippen LogP contribution < -0.4 is 0 Å². The number of carbonyl (C=O) groups is 1. The van der Waals surface area contributed by atoms with E-state index in [0.717, 1.165) is 0 Å². The van der Waals surface area contributed by atoms with Gasteiger partial charge in [-0.15, -0.1) is 0 Å². The second-order valence-corrected chi connectivity index (χ2v) is 5.84. The number of aliphatic hydroxyl groups excluding tert-OH is 3. The highest BCUT2D eigenvalue weighted by molar-refractivity contribution is 5.66. The minimum Gasteiger partial charge on any atom is -0.459 e. The molecule has 0 aromatic heterocycles. The van der Waals surface area contributed by atoms with E-state index in [-0.39, 0.29) is 12.8 Å². The third-order valence-electron chi connectivity index (χ3n) is 3.94. The molecule has 2 heterocycles. The molecule has 0 amide bonds. The SMILES string of the molecule is CC(=O)O[C@H]1C[C@H](O)O[C@H](C)[C@H]1O[C@H]1C[C@H](O)[C@H](O)[C@@H](C)O1. The fourth-order valence-electron chi connectivity index (χ4n) is 2.83. The van der Waals surface area contributed by atoms with Gasteiger partial charge in [-0.2, -0.15) is 0 Å². The van der Waals surface area contributed by atoms with E-state index in [1.165, 1.54) is 6.92 Å². The summed E-state index contributed by atoms with van der Waals surface area (Å²) in [7, 11) is 0. The predicted octanol–water partition coefficient (Wildman–Crippen LogP) is -0.713. The van der Waals surface area contributed by atoms with E-state index < -0.39 is 55.2 Å². The molecule has 0 aromatic carbocycles. The Kier molecular flexibility index (Phi) is 5.76. The molecule has 2 aliphatic rings. The first kappa shape index (κ1) is 17.6. The van der Waals surface area contributed by atoms with Crippen molar-refractivity contribution in [1.82, 2.24) is 0 Å². The van der Waals surface area contributed by atoms with Crippen LogP contribution in [0.25, 0.3) is 0 Å². The Labute approximate surface area is 128 Å². The van der Waals surface area contributed by atoms with Crippen LogP contribution in [0.15, 0.2) is 0 Å². The highest BCUT2D eigenvalue weighted by Gasteiger charge is 2.43. The number of carbonyl (C=O) groups excluding carboxylic acids is 1. The molecule has 0 saturated carbocycles. The molecule has 128 valence electrons. The third kappa shape index (κ3) is 4.15. The zero-order valence-electron chi connectivity index (χ0n) is 12.9. The Morgan fingerprint density at radius 3 is 2.36 bits per heavy atom. The first-order valence-corrected chi connectivity index (χ1v) is 7.45. The van der Waals surface area contributed by atoms with E-state index in [9.17, 15) is 20.1 Å². The van der Waals surface area contributed by atoms with Crippen LogP contribution in [0.4, 0.5) is 0 Å². The third-order valence-corrected chi connectivity index (χ3v) is 3.94. The molecule has 0 aromatic rings. The Balaban J connectivity index is 2.02. The van der Waals surface area contributed by atoms with Gasteiger partial charge in [0.15, 0.2) is 12.6 Å². The van der Waals surface area contributed by atoms with Crippen LogP contribution >= 0.6 is 0 Å². The summed E-state index contributed by atoms with van der Waals surface area (Å²) in [5.74, 6) is -0.478. The van der Waals surface area contributed by atoms with Crippen molar-refractivity contribution in [3.8, 4) is 0 Å². The lowest BCUT2D eigenvalue weighted by atomic mass is 10.0. The first-order chi connectivity index (χ1) is 10.3. The van der Waals surface area contributed by atoms with Crippen molar-refractivity contribution < 1.29 is 39.1 Å². The maximum absolute atomic E-state index is 11.2. The maximum Gasteiger partial charge on any atom is 0.302 e. The molecule has 0 spiro atoms. The van der Waals surface area contributed by atoms with Gasteiger partial charge in [0.05, 0.1) is 18.3 Å². The fourth-order valence-corrected chi connectivity index (χ4v) is 2.83. The average molecular weight is 320 g/mol. The predicted molar refractivity (Wildman–Crippen MR) is 72.6 cm³/mol. The lowest BCUT2D eigenvalue weighted by molar-refractivity contribution is -0.307. The Morgan fingerprint density at radius 1 is 1.09 bits per heavy atom. The molecule has 8 heteroatoms. The highest BCUT2D eigenvalue weighted by atomic mass is 16.7. The van der Waals surface area contributed by atoms with Crippen molar-refractivity contribution in [1.29, 1.82) is 0 Å². The number of ether oxygens (including phenoxy) is 4. The number of aliphatic hydroxyl groups is 3. The average Bonchev–Trinajstić information content (AvgIpc) is 2.39. The molecule has 3 N–H and O–H groups in total. The summed E-state index contributed by atoms with van der Waals surface area (Å²) in [6, 6.07) is 0. The van der Waals surface area contributed by atoms with Gasteiger partial charge in [0, 0.05) is 19.8 Å². The number of hydrogen-bond donors (Lipinski definition) is 3. The molecule has 0 bridgehead atoms. The molecule has 22 heavy (non-hydrogen) atoms. The first-order valence-electron chi connectivity index (χ1n) is 7.45. The molecule has 0 radical (unpaired) electrons. The summed E-state index contributed by atoms with van der Waals surface area (Å²) in [5.41, 5.74) is 0. The molecule has 2 rings (SSSR count). The van der Waals surface area contributed by atoms with Gasteiger partial charge in [-0.1, -0.05) is 0 Å². The van der Waals surface area contributed by atoms with E-state index in [2.05, 4.69) is 0 Å². The molecule has 2 saturated heterocycles. The van der Waals surface area contributed by atoms with E-state index in [1.807, 2.05) is 0 Å². The minimum absolute atomic E-state index is 0.0992. The van der Waals surface area contributed by atoms with Crippen molar-refractivity contribution >= 4 is 5.97 Å². The van der Waals surface area contributed by atoms with E-state index in [0.29, 0.717) is 0 Å². The van der Waals surface area contributed by atoms with Crippen molar-refractivity contribution in [2.24, 2.45) is 0 Å². The van der Waals surface area contributed by atoms with Crippen molar-refractivity contribution in [3.05, 3.63) is 0 Å². The largest absolute Gasteiger partial charge is 0.459 e. The van der Waals surface area contributed by atoms with E-state index in [4.69, 9.17) is 18.9 Å². The smallest absolute Gasteiger partial charge is 0.302 e. The number of rotatable bonds is 3. The van der Waals surface area contributed by atoms with Crippen LogP contribution in [0.3, 0.4) is 0 Å². The lowest BCUT2D eigenvalue weighted by Gasteiger charge is -2.42. The molecular weight excluding hydrogens is 296 g/mol. The number of hydrogen-bond acceptors (Lipinski definition) is 8. The van der Waals surface area contributed by atoms with Gasteiger partial charge in [-0.3, -0.25) is 4.79 Å². The summed E-state index contributed by atoms with van der Waals surface area (Å²) < 4.78 is 21.8. The van der Waals surface area contributed by atoms with Crippen LogP contribution in [-0.4, -0.2) is 70.5 Å². The summed E-state index contributed by atoms with van der Waals surface area (Å²) in [6.45, 7) is 4.61. The monoisotopic (exact) mass is 320 g/mol. The molecule has 2 fully saturated rings. The molecule has 8 nitrogen and oxygen atoms in total. The lowest BCUT2D eigenvalue weighted by Crippen LogP contribution is -2.54. The zero-order valence-corrected chi connectivity index (χ0v) is 12.9. The van der Waals surface area contributed by atoms with Gasteiger partial charge < -0.3 is 34.3 Å². The minimum atomic E-state index is -1.03. The van der Waals surface area contributed by atoms with E-state index >= 15 is 0 Å². The van der Waals surface area contributed by atoms with Gasteiger partial charge in [-0.25, -0.2) is 0 Å². The van der Waals surface area contributed by atoms with Crippen LogP contribution in [0.1, 0.15) is 33.6 Å². The molecule has 8 atom stereocenters. The van der Waals surface area contributed by atoms with Crippen molar-refractivity contribution in [3.63, 3.8) is 0 Å². The second kappa shape index (κ2) is 7.20. The summed E-state index contributed by atoms with van der Waals surface area (Å²) >= 11 is 0. The van der Waals surface area contributed by atoms with Crippen LogP contribution in [0, 0.1) is 0 Å². The van der Waals surface area contributed by atoms with Crippen LogP contribution in [0.2, 0.25) is 0 Å². The van der Waals surface area contributed by atoms with Crippen LogP contribution in [-0.2, 0) is 23.7 Å². The molecular formula is C14H24O8. The van der Waals surface area contributed by atoms with Gasteiger partial charge >= 0.3 is 5.97 Å². The van der Waals surface area contributed by atoms with Gasteiger partial charge in [0.25, 0.3) is 0 Å². The fraction of sp³-hybridized carbons (Fsp3) is 0.929. The summed E-state index contributed by atoms with van der Waals surface area (Å²) in [4.78, 5) is 11.2. The molecule has 2 aliphatic heterocycles. The quantitative estimate of drug-likeness (QED) is 0.584. The van der Waals surface area contributed by atoms with E-state index in [1.54, 1.807) is 13.8 Å². The Hall–Kier alpha value is -0.770. The topological polar surface area (TPSA) is 115 Å². The molecule has 0 unspecified atom stereocenters. The van der Waals surface area contributed by atoms with Gasteiger partial charge in [-0.05, 0) is 13.8 Å². The van der Waals surface area contributed by atoms with Crippen molar-refractivity contribution in [2.45, 2.75) is 82.8 Å². The highest BCUT2D eigenvalue weighted by Crippen LogP contribution is 2.29. The summed E-state index contributed by atoms with van der Waals surface area (Å²) in [5, 5.41) is 29.1. The molecule has 0 aliphatic carbocycles.